The fraction of sp³-hybridized carbons (Fsp3) is 0.812. The van der Waals surface area contributed by atoms with Gasteiger partial charge in [-0.25, -0.2) is 0 Å². The fourth-order valence-corrected chi connectivity index (χ4v) is 7.47. The molecule has 2 aliphatic heterocycles. The van der Waals surface area contributed by atoms with Crippen LogP contribution in [0.25, 0.3) is 0 Å². The van der Waals surface area contributed by atoms with Gasteiger partial charge in [-0.2, -0.15) is 0 Å². The molecule has 0 aromatic heterocycles. The van der Waals surface area contributed by atoms with Crippen LogP contribution < -0.4 is 0 Å². The Morgan fingerprint density at radius 2 is 1.11 bits per heavy atom. The highest BCUT2D eigenvalue weighted by atomic mass is 16.6. The van der Waals surface area contributed by atoms with Crippen LogP contribution in [0.1, 0.15) is 181 Å². The lowest BCUT2D eigenvalue weighted by Crippen LogP contribution is -2.40. The molecule has 2 aliphatic rings. The van der Waals surface area contributed by atoms with E-state index < -0.39 is 5.41 Å². The molecule has 312 valence electrons. The van der Waals surface area contributed by atoms with E-state index >= 15 is 0 Å². The lowest BCUT2D eigenvalue weighted by atomic mass is 9.90. The van der Waals surface area contributed by atoms with E-state index in [4.69, 9.17) is 18.9 Å². The number of unbranched alkanes of at least 4 members (excludes halogenated alkanes) is 18. The number of likely N-dealkylation sites (tertiary alicyclic amines) is 1. The van der Waals surface area contributed by atoms with Crippen LogP contribution in [0.15, 0.2) is 48.6 Å². The average molecular weight is 756 g/mol. The molecule has 0 spiro atoms. The van der Waals surface area contributed by atoms with Crippen molar-refractivity contribution in [2.24, 2.45) is 5.41 Å². The summed E-state index contributed by atoms with van der Waals surface area (Å²) < 4.78 is 24.9. The Hall–Kier alpha value is -1.73. The number of carbonyl (C=O) groups is 1. The van der Waals surface area contributed by atoms with Crippen LogP contribution in [0.2, 0.25) is 0 Å². The number of ether oxygens (including phenoxy) is 4. The second kappa shape index (κ2) is 33.4. The maximum Gasteiger partial charge on any atom is 0.313 e. The topological polar surface area (TPSA) is 57.2 Å². The first-order valence-electron chi connectivity index (χ1n) is 22.8. The number of carbonyl (C=O) groups excluding carboxylic acids is 1. The normalized spacial score (nSPS) is 22.3. The Labute approximate surface area is 333 Å². The van der Waals surface area contributed by atoms with Crippen LogP contribution in [0.3, 0.4) is 0 Å². The summed E-state index contributed by atoms with van der Waals surface area (Å²) in [7, 11) is 2.06. The molecule has 0 aromatic rings. The maximum absolute atomic E-state index is 13.0. The van der Waals surface area contributed by atoms with Crippen molar-refractivity contribution in [1.82, 2.24) is 4.90 Å². The molecule has 0 amide bonds. The van der Waals surface area contributed by atoms with E-state index in [0.717, 1.165) is 51.8 Å². The summed E-state index contributed by atoms with van der Waals surface area (Å²) in [6, 6.07) is 0. The van der Waals surface area contributed by atoms with Crippen molar-refractivity contribution < 1.29 is 23.7 Å². The standard InChI is InChI=1S/C48H85NO5/c1-5-7-9-11-13-15-17-19-21-23-25-27-29-31-33-35-39-51-44-41-53-45(42-54-47(50)48(3)37-38-49(4)43-48)46(44)52-40-36-34-32-30-28-26-24-22-20-18-16-14-12-10-8-6-2/h13-16,19-22,44-46H,5-12,17-18,23-43H2,1-4H3/b15-13-,16-14-,21-19-,22-20-/t44?,45-,46-,48?/m1/s1. The van der Waals surface area contributed by atoms with E-state index in [0.29, 0.717) is 13.2 Å². The smallest absolute Gasteiger partial charge is 0.313 e. The van der Waals surface area contributed by atoms with Crippen molar-refractivity contribution in [2.45, 2.75) is 200 Å². The van der Waals surface area contributed by atoms with Gasteiger partial charge in [0, 0.05) is 19.8 Å². The number of esters is 1. The number of hydrogen-bond donors (Lipinski definition) is 0. The molecule has 0 N–H and O–H groups in total. The van der Waals surface area contributed by atoms with Gasteiger partial charge in [0.25, 0.3) is 0 Å². The lowest BCUT2D eigenvalue weighted by molar-refractivity contribution is -0.160. The molecular formula is C48H85NO5. The van der Waals surface area contributed by atoms with E-state index in [1.807, 2.05) is 6.92 Å². The zero-order valence-corrected chi connectivity index (χ0v) is 35.8. The third kappa shape index (κ3) is 24.0. The second-order valence-corrected chi connectivity index (χ2v) is 16.4. The molecule has 2 rings (SSSR count). The monoisotopic (exact) mass is 756 g/mol. The molecule has 2 fully saturated rings. The SMILES string of the molecule is CCCCC/C=C\C/C=C\CCCCCCCCOC1CO[C@H](COC(=O)C2(C)CCN(C)C2)[C@@H]1OCCCCCCCC/C=C\C/C=C\CCCCC. The highest BCUT2D eigenvalue weighted by Crippen LogP contribution is 2.31. The van der Waals surface area contributed by atoms with E-state index in [1.165, 1.54) is 128 Å². The minimum Gasteiger partial charge on any atom is -0.462 e. The van der Waals surface area contributed by atoms with Crippen molar-refractivity contribution in [3.63, 3.8) is 0 Å². The third-order valence-electron chi connectivity index (χ3n) is 11.1. The minimum atomic E-state index is -0.442. The molecule has 6 nitrogen and oxygen atoms in total. The van der Waals surface area contributed by atoms with Gasteiger partial charge >= 0.3 is 5.97 Å². The number of rotatable bonds is 35. The molecular weight excluding hydrogens is 671 g/mol. The van der Waals surface area contributed by atoms with E-state index in [-0.39, 0.29) is 30.9 Å². The Bertz CT molecular complexity index is 1010. The average Bonchev–Trinajstić information content (AvgIpc) is 3.74. The summed E-state index contributed by atoms with van der Waals surface area (Å²) in [4.78, 5) is 15.2. The number of nitrogens with zero attached hydrogens (tertiary/aromatic N) is 1. The fourth-order valence-electron chi connectivity index (χ4n) is 7.47. The van der Waals surface area contributed by atoms with Crippen LogP contribution in [-0.4, -0.2) is 75.7 Å². The van der Waals surface area contributed by atoms with Crippen LogP contribution in [0.5, 0.6) is 0 Å². The van der Waals surface area contributed by atoms with E-state index in [2.05, 4.69) is 74.4 Å². The summed E-state index contributed by atoms with van der Waals surface area (Å²) in [6.45, 7) is 10.4. The van der Waals surface area contributed by atoms with Crippen LogP contribution in [0, 0.1) is 5.41 Å². The van der Waals surface area contributed by atoms with Crippen molar-refractivity contribution in [3.05, 3.63) is 48.6 Å². The molecule has 2 heterocycles. The molecule has 6 heteroatoms. The predicted octanol–water partition coefficient (Wildman–Crippen LogP) is 12.7. The van der Waals surface area contributed by atoms with Gasteiger partial charge in [0.2, 0.25) is 0 Å². The maximum atomic E-state index is 13.0. The molecule has 0 radical (unpaired) electrons. The molecule has 4 atom stereocenters. The summed E-state index contributed by atoms with van der Waals surface area (Å²) in [5, 5.41) is 0. The van der Waals surface area contributed by atoms with Gasteiger partial charge in [0.05, 0.1) is 12.0 Å². The van der Waals surface area contributed by atoms with Gasteiger partial charge in [-0.05, 0) is 104 Å². The van der Waals surface area contributed by atoms with Gasteiger partial charge in [-0.3, -0.25) is 4.79 Å². The first-order chi connectivity index (χ1) is 26.5. The Morgan fingerprint density at radius 3 is 1.59 bits per heavy atom. The van der Waals surface area contributed by atoms with Gasteiger partial charge in [-0.15, -0.1) is 0 Å². The number of allylic oxidation sites excluding steroid dienone is 8. The first-order valence-corrected chi connectivity index (χ1v) is 22.8. The molecule has 0 aliphatic carbocycles. The highest BCUT2D eigenvalue weighted by Gasteiger charge is 2.43. The Kier molecular flexibility index (Phi) is 30.0. The quantitative estimate of drug-likeness (QED) is 0.0365. The zero-order chi connectivity index (χ0) is 38.8. The summed E-state index contributed by atoms with van der Waals surface area (Å²) in [6.07, 6.45) is 48.5. The van der Waals surface area contributed by atoms with E-state index in [9.17, 15) is 4.79 Å². The second-order valence-electron chi connectivity index (χ2n) is 16.4. The highest BCUT2D eigenvalue weighted by molar-refractivity contribution is 5.77. The summed E-state index contributed by atoms with van der Waals surface area (Å²) in [5.41, 5.74) is -0.442. The summed E-state index contributed by atoms with van der Waals surface area (Å²) in [5.74, 6) is -0.120. The zero-order valence-electron chi connectivity index (χ0n) is 35.8. The van der Waals surface area contributed by atoms with Gasteiger partial charge in [0.15, 0.2) is 0 Å². The molecule has 0 bridgehead atoms. The van der Waals surface area contributed by atoms with Gasteiger partial charge in [0.1, 0.15) is 24.9 Å². The molecule has 2 saturated heterocycles. The largest absolute Gasteiger partial charge is 0.462 e. The number of hydrogen-bond acceptors (Lipinski definition) is 6. The van der Waals surface area contributed by atoms with Crippen LogP contribution >= 0.6 is 0 Å². The molecule has 0 aromatic carbocycles. The van der Waals surface area contributed by atoms with Crippen molar-refractivity contribution in [1.29, 1.82) is 0 Å². The minimum absolute atomic E-state index is 0.107. The lowest BCUT2D eigenvalue weighted by Gasteiger charge is -2.26. The molecule has 2 unspecified atom stereocenters. The van der Waals surface area contributed by atoms with Crippen LogP contribution in [-0.2, 0) is 23.7 Å². The van der Waals surface area contributed by atoms with Gasteiger partial charge < -0.3 is 23.8 Å². The molecule has 54 heavy (non-hydrogen) atoms. The van der Waals surface area contributed by atoms with Crippen LogP contribution in [0.4, 0.5) is 0 Å². The van der Waals surface area contributed by atoms with Crippen molar-refractivity contribution >= 4 is 5.97 Å². The van der Waals surface area contributed by atoms with Crippen molar-refractivity contribution in [3.8, 4) is 0 Å². The Balaban J connectivity index is 1.60. The predicted molar refractivity (Wildman–Crippen MR) is 229 cm³/mol. The Morgan fingerprint density at radius 1 is 0.648 bits per heavy atom. The molecule has 0 saturated carbocycles. The third-order valence-corrected chi connectivity index (χ3v) is 11.1. The summed E-state index contributed by atoms with van der Waals surface area (Å²) >= 11 is 0. The van der Waals surface area contributed by atoms with Gasteiger partial charge in [-0.1, -0.05) is 140 Å². The van der Waals surface area contributed by atoms with E-state index in [1.54, 1.807) is 0 Å². The van der Waals surface area contributed by atoms with Crippen molar-refractivity contribution in [2.75, 3.05) is 46.6 Å². The first kappa shape index (κ1) is 48.4.